The normalized spacial score (nSPS) is 17.9. The molecule has 35 heavy (non-hydrogen) atoms. The molecule has 1 aliphatic heterocycles. The highest BCUT2D eigenvalue weighted by molar-refractivity contribution is 5.86. The quantitative estimate of drug-likeness (QED) is 0.566. The first-order chi connectivity index (χ1) is 17.0. The molecule has 4 rings (SSSR count). The molecule has 1 fully saturated rings. The molecule has 8 nitrogen and oxygen atoms in total. The first-order valence-electron chi connectivity index (χ1n) is 12.1. The third kappa shape index (κ3) is 5.65. The molecule has 0 bridgehead atoms. The SMILES string of the molecule is COCCC(NC(=O)OCC1c2ccccc2-c2ccccc21)C(=O)N1CCCC[C@H]1CC(=O)O. The molecule has 1 unspecified atom stereocenters. The van der Waals surface area contributed by atoms with E-state index in [0.29, 0.717) is 13.0 Å². The van der Waals surface area contributed by atoms with Crippen LogP contribution >= 0.6 is 0 Å². The fourth-order valence-corrected chi connectivity index (χ4v) is 5.18. The van der Waals surface area contributed by atoms with Crippen molar-refractivity contribution in [2.24, 2.45) is 0 Å². The summed E-state index contributed by atoms with van der Waals surface area (Å²) in [4.78, 5) is 39.0. The minimum Gasteiger partial charge on any atom is -0.481 e. The zero-order valence-electron chi connectivity index (χ0n) is 19.9. The summed E-state index contributed by atoms with van der Waals surface area (Å²) in [6.07, 6.45) is 1.82. The molecule has 186 valence electrons. The Morgan fingerprint density at radius 3 is 2.34 bits per heavy atom. The minimum atomic E-state index is -0.937. The molecule has 2 amide bonds. The number of carboxylic acid groups (broad SMARTS) is 1. The molecule has 0 spiro atoms. The number of carbonyl (C=O) groups excluding carboxylic acids is 2. The zero-order chi connectivity index (χ0) is 24.8. The number of fused-ring (bicyclic) bond motifs is 3. The number of carboxylic acids is 1. The Kier molecular flexibility index (Phi) is 8.02. The van der Waals surface area contributed by atoms with E-state index in [4.69, 9.17) is 9.47 Å². The summed E-state index contributed by atoms with van der Waals surface area (Å²) < 4.78 is 10.8. The fourth-order valence-electron chi connectivity index (χ4n) is 5.18. The van der Waals surface area contributed by atoms with Crippen LogP contribution in [0.4, 0.5) is 4.79 Å². The van der Waals surface area contributed by atoms with Crippen LogP contribution in [-0.4, -0.2) is 66.9 Å². The fraction of sp³-hybridized carbons (Fsp3) is 0.444. The first-order valence-corrected chi connectivity index (χ1v) is 12.1. The minimum absolute atomic E-state index is 0.0803. The number of hydrogen-bond donors (Lipinski definition) is 2. The Morgan fingerprint density at radius 1 is 1.06 bits per heavy atom. The Morgan fingerprint density at radius 2 is 1.71 bits per heavy atom. The zero-order valence-corrected chi connectivity index (χ0v) is 19.9. The van der Waals surface area contributed by atoms with Crippen molar-refractivity contribution in [2.75, 3.05) is 26.9 Å². The summed E-state index contributed by atoms with van der Waals surface area (Å²) in [5, 5.41) is 12.0. The number of hydrogen-bond acceptors (Lipinski definition) is 5. The summed E-state index contributed by atoms with van der Waals surface area (Å²) in [7, 11) is 1.53. The molecule has 8 heteroatoms. The highest BCUT2D eigenvalue weighted by Gasteiger charge is 2.34. The number of nitrogens with one attached hydrogen (secondary N) is 1. The summed E-state index contributed by atoms with van der Waals surface area (Å²) >= 11 is 0. The van der Waals surface area contributed by atoms with E-state index in [1.165, 1.54) is 7.11 Å². The predicted octanol–water partition coefficient (Wildman–Crippen LogP) is 3.79. The number of methoxy groups -OCH3 is 1. The summed E-state index contributed by atoms with van der Waals surface area (Å²) in [5.74, 6) is -1.31. The van der Waals surface area contributed by atoms with E-state index in [1.54, 1.807) is 4.90 Å². The average Bonchev–Trinajstić information content (AvgIpc) is 3.18. The molecule has 2 aromatic rings. The van der Waals surface area contributed by atoms with E-state index in [1.807, 2.05) is 36.4 Å². The highest BCUT2D eigenvalue weighted by atomic mass is 16.5. The van der Waals surface area contributed by atoms with Gasteiger partial charge in [0, 0.05) is 38.6 Å². The second-order valence-corrected chi connectivity index (χ2v) is 9.08. The van der Waals surface area contributed by atoms with Crippen molar-refractivity contribution >= 4 is 18.0 Å². The van der Waals surface area contributed by atoms with Gasteiger partial charge in [0.25, 0.3) is 0 Å². The Hall–Kier alpha value is -3.39. The standard InChI is InChI=1S/C27H32N2O6/c1-34-15-13-24(26(32)29-14-7-6-8-18(29)16-25(30)31)28-27(33)35-17-23-21-11-4-2-9-19(21)20-10-3-5-12-22(20)23/h2-5,9-12,18,23-24H,6-8,13-17H2,1H3,(H,28,33)(H,30,31)/t18-,24?/m0/s1. The lowest BCUT2D eigenvalue weighted by Crippen LogP contribution is -2.54. The van der Waals surface area contributed by atoms with E-state index in [2.05, 4.69) is 17.4 Å². The van der Waals surface area contributed by atoms with Gasteiger partial charge in [-0.3, -0.25) is 9.59 Å². The lowest BCUT2D eigenvalue weighted by atomic mass is 9.98. The molecule has 1 heterocycles. The van der Waals surface area contributed by atoms with Crippen LogP contribution in [0.3, 0.4) is 0 Å². The molecule has 1 aliphatic carbocycles. The van der Waals surface area contributed by atoms with E-state index < -0.39 is 18.1 Å². The van der Waals surface area contributed by atoms with Gasteiger partial charge in [0.05, 0.1) is 6.42 Å². The molecule has 1 saturated heterocycles. The molecule has 2 aliphatic rings. The molecular weight excluding hydrogens is 448 g/mol. The number of likely N-dealkylation sites (tertiary alicyclic amines) is 1. The van der Waals surface area contributed by atoms with Gasteiger partial charge in [-0.15, -0.1) is 0 Å². The molecule has 2 atom stereocenters. The summed E-state index contributed by atoms with van der Waals surface area (Å²) in [5.41, 5.74) is 4.50. The van der Waals surface area contributed by atoms with Gasteiger partial charge in [0.15, 0.2) is 0 Å². The van der Waals surface area contributed by atoms with E-state index >= 15 is 0 Å². The number of alkyl carbamates (subject to hydrolysis) is 1. The van der Waals surface area contributed by atoms with Gasteiger partial charge in [-0.25, -0.2) is 4.79 Å². The Balaban J connectivity index is 1.43. The van der Waals surface area contributed by atoms with Gasteiger partial charge in [-0.1, -0.05) is 48.5 Å². The summed E-state index contributed by atoms with van der Waals surface area (Å²) in [6, 6.07) is 15.0. The van der Waals surface area contributed by atoms with Crippen molar-refractivity contribution < 1.29 is 29.0 Å². The van der Waals surface area contributed by atoms with Crippen LogP contribution in [0.25, 0.3) is 11.1 Å². The van der Waals surface area contributed by atoms with Gasteiger partial charge < -0.3 is 24.8 Å². The first kappa shape index (κ1) is 24.7. The third-order valence-electron chi connectivity index (χ3n) is 6.86. The van der Waals surface area contributed by atoms with Crippen molar-refractivity contribution in [3.63, 3.8) is 0 Å². The lowest BCUT2D eigenvalue weighted by Gasteiger charge is -2.37. The van der Waals surface area contributed by atoms with Crippen LogP contribution in [0.15, 0.2) is 48.5 Å². The van der Waals surface area contributed by atoms with E-state index in [-0.39, 0.29) is 43.9 Å². The van der Waals surface area contributed by atoms with Crippen LogP contribution in [0.5, 0.6) is 0 Å². The molecule has 2 aromatic carbocycles. The van der Waals surface area contributed by atoms with Crippen LogP contribution < -0.4 is 5.32 Å². The van der Waals surface area contributed by atoms with Crippen LogP contribution in [0.1, 0.15) is 49.1 Å². The van der Waals surface area contributed by atoms with E-state index in [9.17, 15) is 19.5 Å². The van der Waals surface area contributed by atoms with Crippen molar-refractivity contribution in [3.05, 3.63) is 59.7 Å². The van der Waals surface area contributed by atoms with Gasteiger partial charge in [0.1, 0.15) is 12.6 Å². The van der Waals surface area contributed by atoms with Crippen LogP contribution in [0.2, 0.25) is 0 Å². The van der Waals surface area contributed by atoms with E-state index in [0.717, 1.165) is 35.1 Å². The summed E-state index contributed by atoms with van der Waals surface area (Å²) in [6.45, 7) is 0.903. The second-order valence-electron chi connectivity index (χ2n) is 9.08. The van der Waals surface area contributed by atoms with Gasteiger partial charge in [0.2, 0.25) is 5.91 Å². The molecule has 0 aromatic heterocycles. The number of ether oxygens (including phenoxy) is 2. The molecule has 0 saturated carbocycles. The highest BCUT2D eigenvalue weighted by Crippen LogP contribution is 2.44. The largest absolute Gasteiger partial charge is 0.481 e. The Bertz CT molecular complexity index is 1030. The number of carbonyl (C=O) groups is 3. The number of rotatable bonds is 9. The second kappa shape index (κ2) is 11.4. The van der Waals surface area contributed by atoms with Gasteiger partial charge in [-0.05, 0) is 41.5 Å². The van der Waals surface area contributed by atoms with Crippen LogP contribution in [-0.2, 0) is 19.1 Å². The number of aliphatic carboxylic acids is 1. The monoisotopic (exact) mass is 480 g/mol. The number of amides is 2. The van der Waals surface area contributed by atoms with Crippen molar-refractivity contribution in [1.29, 1.82) is 0 Å². The topological polar surface area (TPSA) is 105 Å². The maximum absolute atomic E-state index is 13.3. The van der Waals surface area contributed by atoms with Gasteiger partial charge in [-0.2, -0.15) is 0 Å². The maximum atomic E-state index is 13.3. The lowest BCUT2D eigenvalue weighted by molar-refractivity contribution is -0.143. The number of benzene rings is 2. The van der Waals surface area contributed by atoms with Crippen molar-refractivity contribution in [3.8, 4) is 11.1 Å². The molecular formula is C27H32N2O6. The predicted molar refractivity (Wildman–Crippen MR) is 130 cm³/mol. The van der Waals surface area contributed by atoms with Crippen LogP contribution in [0, 0.1) is 0 Å². The third-order valence-corrected chi connectivity index (χ3v) is 6.86. The maximum Gasteiger partial charge on any atom is 0.407 e. The van der Waals surface area contributed by atoms with Gasteiger partial charge >= 0.3 is 12.1 Å². The molecule has 2 N–H and O–H groups in total. The van der Waals surface area contributed by atoms with Crippen molar-refractivity contribution in [1.82, 2.24) is 10.2 Å². The molecule has 0 radical (unpaired) electrons. The average molecular weight is 481 g/mol. The van der Waals surface area contributed by atoms with Crippen molar-refractivity contribution in [2.45, 2.75) is 50.1 Å². The number of piperidine rings is 1. The Labute approximate surface area is 205 Å². The number of nitrogens with zero attached hydrogens (tertiary/aromatic N) is 1. The smallest absolute Gasteiger partial charge is 0.407 e.